The van der Waals surface area contributed by atoms with E-state index in [0.29, 0.717) is 6.42 Å². The van der Waals surface area contributed by atoms with Crippen LogP contribution in [0.3, 0.4) is 0 Å². The minimum atomic E-state index is -0.845. The van der Waals surface area contributed by atoms with E-state index in [-0.39, 0.29) is 23.7 Å². The second-order valence-electron chi connectivity index (χ2n) is 7.84. The largest absolute Gasteiger partial charge is 0.486 e. The van der Waals surface area contributed by atoms with Gasteiger partial charge in [-0.15, -0.1) is 0 Å². The highest BCUT2D eigenvalue weighted by Gasteiger charge is 2.30. The van der Waals surface area contributed by atoms with Gasteiger partial charge in [0.1, 0.15) is 23.0 Å². The van der Waals surface area contributed by atoms with Gasteiger partial charge in [-0.3, -0.25) is 4.79 Å². The second-order valence-corrected chi connectivity index (χ2v) is 7.84. The number of esters is 2. The van der Waals surface area contributed by atoms with E-state index in [9.17, 15) is 14.4 Å². The summed E-state index contributed by atoms with van der Waals surface area (Å²) in [5.41, 5.74) is -2.65. The van der Waals surface area contributed by atoms with Gasteiger partial charge in [0, 0.05) is 0 Å². The molecule has 0 aliphatic carbocycles. The van der Waals surface area contributed by atoms with Crippen molar-refractivity contribution in [2.45, 2.75) is 72.5 Å². The van der Waals surface area contributed by atoms with E-state index in [4.69, 9.17) is 18.6 Å². The van der Waals surface area contributed by atoms with Gasteiger partial charge in [-0.05, 0) is 48.0 Å². The molecule has 0 aliphatic rings. The molecule has 1 heterocycles. The molecular formula is C19H28O7. The van der Waals surface area contributed by atoms with Gasteiger partial charge >= 0.3 is 11.9 Å². The molecule has 7 heteroatoms. The number of hydrogen-bond acceptors (Lipinski definition) is 7. The molecular weight excluding hydrogens is 340 g/mol. The fraction of sp³-hybridized carbons (Fsp3) is 0.632. The Morgan fingerprint density at radius 1 is 1.00 bits per heavy atom. The maximum absolute atomic E-state index is 12.7. The Morgan fingerprint density at radius 2 is 1.54 bits per heavy atom. The third-order valence-corrected chi connectivity index (χ3v) is 2.90. The van der Waals surface area contributed by atoms with Crippen LogP contribution in [0.4, 0.5) is 0 Å². The zero-order chi connectivity index (χ0) is 20.1. The summed E-state index contributed by atoms with van der Waals surface area (Å²) < 4.78 is 21.1. The van der Waals surface area contributed by atoms with Gasteiger partial charge in [-0.25, -0.2) is 9.59 Å². The summed E-state index contributed by atoms with van der Waals surface area (Å²) in [6.07, 6.45) is 2.41. The number of rotatable bonds is 6. The predicted molar refractivity (Wildman–Crippen MR) is 95.7 cm³/mol. The SMILES string of the molecule is CCCCOc1c(C(=O)OC(C)(C)C)occ(C(=O)OC(C)(C)C)c1=O. The van der Waals surface area contributed by atoms with Crippen molar-refractivity contribution < 1.29 is 28.2 Å². The number of ether oxygens (including phenoxy) is 3. The van der Waals surface area contributed by atoms with Gasteiger partial charge in [0.05, 0.1) is 6.61 Å². The highest BCUT2D eigenvalue weighted by Crippen LogP contribution is 2.21. The van der Waals surface area contributed by atoms with Gasteiger partial charge in [0.25, 0.3) is 5.76 Å². The number of carbonyl (C=O) groups is 2. The maximum atomic E-state index is 12.7. The average Bonchev–Trinajstić information content (AvgIpc) is 2.45. The molecule has 0 unspecified atom stereocenters. The Hall–Kier alpha value is -2.31. The van der Waals surface area contributed by atoms with E-state index in [1.54, 1.807) is 41.5 Å². The van der Waals surface area contributed by atoms with Crippen LogP contribution in [-0.4, -0.2) is 29.7 Å². The van der Waals surface area contributed by atoms with Crippen molar-refractivity contribution in [3.8, 4) is 5.75 Å². The Labute approximate surface area is 153 Å². The predicted octanol–water partition coefficient (Wildman–Crippen LogP) is 3.73. The molecule has 26 heavy (non-hydrogen) atoms. The fourth-order valence-corrected chi connectivity index (χ4v) is 1.84. The molecule has 1 rings (SSSR count). The van der Waals surface area contributed by atoms with Crippen molar-refractivity contribution in [2.24, 2.45) is 0 Å². The number of carbonyl (C=O) groups excluding carboxylic acids is 2. The van der Waals surface area contributed by atoms with Crippen molar-refractivity contribution in [1.29, 1.82) is 0 Å². The van der Waals surface area contributed by atoms with Crippen LogP contribution in [-0.2, 0) is 9.47 Å². The first kappa shape index (κ1) is 21.7. The molecule has 0 amide bonds. The maximum Gasteiger partial charge on any atom is 0.378 e. The minimum Gasteiger partial charge on any atom is -0.486 e. The van der Waals surface area contributed by atoms with Crippen molar-refractivity contribution in [3.63, 3.8) is 0 Å². The Morgan fingerprint density at radius 3 is 2.04 bits per heavy atom. The molecule has 1 aromatic rings. The topological polar surface area (TPSA) is 92.0 Å². The summed E-state index contributed by atoms with van der Waals surface area (Å²) in [7, 11) is 0. The van der Waals surface area contributed by atoms with Gasteiger partial charge in [-0.1, -0.05) is 13.3 Å². The summed E-state index contributed by atoms with van der Waals surface area (Å²) >= 11 is 0. The van der Waals surface area contributed by atoms with Crippen molar-refractivity contribution in [1.82, 2.24) is 0 Å². The standard InChI is InChI=1S/C19H28O7/c1-8-9-10-23-14-13(20)12(16(21)25-18(2,3)4)11-24-15(14)17(22)26-19(5,6)7/h11H,8-10H2,1-7H3. The summed E-state index contributed by atoms with van der Waals surface area (Å²) in [4.78, 5) is 37.2. The van der Waals surface area contributed by atoms with Gasteiger partial charge in [0.2, 0.25) is 11.2 Å². The van der Waals surface area contributed by atoms with Gasteiger partial charge in [-0.2, -0.15) is 0 Å². The summed E-state index contributed by atoms with van der Waals surface area (Å²) in [6, 6.07) is 0. The molecule has 0 bridgehead atoms. The molecule has 7 nitrogen and oxygen atoms in total. The van der Waals surface area contributed by atoms with Crippen LogP contribution < -0.4 is 10.2 Å². The highest BCUT2D eigenvalue weighted by molar-refractivity contribution is 5.93. The molecule has 0 fully saturated rings. The first-order valence-electron chi connectivity index (χ1n) is 8.61. The number of unbranched alkanes of at least 4 members (excludes halogenated alkanes) is 1. The fourth-order valence-electron chi connectivity index (χ4n) is 1.84. The van der Waals surface area contributed by atoms with Crippen LogP contribution in [0.2, 0.25) is 0 Å². The molecule has 0 saturated carbocycles. The van der Waals surface area contributed by atoms with Crippen molar-refractivity contribution >= 4 is 11.9 Å². The first-order chi connectivity index (χ1) is 11.9. The van der Waals surface area contributed by atoms with Crippen LogP contribution in [0.5, 0.6) is 5.75 Å². The van der Waals surface area contributed by atoms with Crippen LogP contribution in [0.1, 0.15) is 82.2 Å². The molecule has 0 aromatic carbocycles. The summed E-state index contributed by atoms with van der Waals surface area (Å²) in [5, 5.41) is 0. The minimum absolute atomic E-state index is 0.203. The average molecular weight is 368 g/mol. The Bertz CT molecular complexity index is 702. The Balaban J connectivity index is 3.31. The van der Waals surface area contributed by atoms with E-state index in [0.717, 1.165) is 12.7 Å². The molecule has 0 saturated heterocycles. The number of hydrogen-bond donors (Lipinski definition) is 0. The lowest BCUT2D eigenvalue weighted by atomic mass is 10.1. The van der Waals surface area contributed by atoms with Crippen LogP contribution in [0.25, 0.3) is 0 Å². The van der Waals surface area contributed by atoms with E-state index >= 15 is 0 Å². The zero-order valence-electron chi connectivity index (χ0n) is 16.6. The van der Waals surface area contributed by atoms with Gasteiger partial charge in [0.15, 0.2) is 0 Å². The third kappa shape index (κ3) is 6.54. The van der Waals surface area contributed by atoms with E-state index < -0.39 is 28.6 Å². The monoisotopic (exact) mass is 368 g/mol. The molecule has 146 valence electrons. The third-order valence-electron chi connectivity index (χ3n) is 2.90. The highest BCUT2D eigenvalue weighted by atomic mass is 16.6. The Kier molecular flexibility index (Phi) is 7.00. The van der Waals surface area contributed by atoms with Crippen molar-refractivity contribution in [2.75, 3.05) is 6.61 Å². The molecule has 0 radical (unpaired) electrons. The zero-order valence-corrected chi connectivity index (χ0v) is 16.6. The van der Waals surface area contributed by atoms with E-state index in [1.807, 2.05) is 6.92 Å². The lowest BCUT2D eigenvalue weighted by molar-refractivity contribution is 0.00109. The summed E-state index contributed by atoms with van der Waals surface area (Å²) in [6.45, 7) is 12.3. The van der Waals surface area contributed by atoms with Crippen LogP contribution in [0, 0.1) is 0 Å². The molecule has 1 aromatic heterocycles. The molecule has 0 spiro atoms. The van der Waals surface area contributed by atoms with Crippen LogP contribution in [0.15, 0.2) is 15.5 Å². The van der Waals surface area contributed by atoms with Crippen LogP contribution >= 0.6 is 0 Å². The quantitative estimate of drug-likeness (QED) is 0.558. The summed E-state index contributed by atoms with van der Waals surface area (Å²) in [5.74, 6) is -2.39. The van der Waals surface area contributed by atoms with Crippen molar-refractivity contribution in [3.05, 3.63) is 27.8 Å². The molecule has 0 aliphatic heterocycles. The smallest absolute Gasteiger partial charge is 0.378 e. The first-order valence-corrected chi connectivity index (χ1v) is 8.61. The van der Waals surface area contributed by atoms with E-state index in [1.165, 1.54) is 0 Å². The molecule has 0 N–H and O–H groups in total. The molecule has 0 atom stereocenters. The van der Waals surface area contributed by atoms with E-state index in [2.05, 4.69) is 0 Å². The lowest BCUT2D eigenvalue weighted by Crippen LogP contribution is -2.29. The normalized spacial score (nSPS) is 11.8. The lowest BCUT2D eigenvalue weighted by Gasteiger charge is -2.21. The second kappa shape index (κ2) is 8.38. The van der Waals surface area contributed by atoms with Gasteiger partial charge < -0.3 is 18.6 Å².